The van der Waals surface area contributed by atoms with Gasteiger partial charge in [0.15, 0.2) is 0 Å². The lowest BCUT2D eigenvalue weighted by Gasteiger charge is -2.33. The highest BCUT2D eigenvalue weighted by Gasteiger charge is 2.25. The van der Waals surface area contributed by atoms with Gasteiger partial charge in [0.25, 0.3) is 0 Å². The highest BCUT2D eigenvalue weighted by atomic mass is 16.2. The molecule has 1 amide bonds. The molecule has 1 atom stereocenters. The second-order valence-electron chi connectivity index (χ2n) is 5.12. The van der Waals surface area contributed by atoms with Gasteiger partial charge in [0, 0.05) is 43.6 Å². The van der Waals surface area contributed by atoms with E-state index < -0.39 is 0 Å². The first-order valence-electron chi connectivity index (χ1n) is 6.85. The zero-order chi connectivity index (χ0) is 13.9. The number of aryl methyl sites for hydroxylation is 1. The molecule has 104 valence electrons. The minimum absolute atomic E-state index is 0.0125. The van der Waals surface area contributed by atoms with Crippen molar-refractivity contribution in [1.82, 2.24) is 9.78 Å². The second kappa shape index (κ2) is 5.46. The van der Waals surface area contributed by atoms with Crippen molar-refractivity contribution in [2.24, 2.45) is 5.73 Å². The SMILES string of the molecule is NC1Cc2ccccc2N(C(=O)CCn2cccn2)C1. The van der Waals surface area contributed by atoms with Crippen molar-refractivity contribution in [1.29, 1.82) is 0 Å². The third-order valence-corrected chi connectivity index (χ3v) is 3.60. The van der Waals surface area contributed by atoms with E-state index in [0.717, 1.165) is 17.7 Å². The maximum atomic E-state index is 12.4. The highest BCUT2D eigenvalue weighted by molar-refractivity contribution is 5.94. The molecule has 1 aliphatic rings. The standard InChI is InChI=1S/C15H18N4O/c16-13-10-12-4-1-2-5-14(12)19(11-13)15(20)6-9-18-8-3-7-17-18/h1-5,7-8,13H,6,9-11,16H2. The van der Waals surface area contributed by atoms with E-state index in [2.05, 4.69) is 5.10 Å². The number of rotatable bonds is 3. The summed E-state index contributed by atoms with van der Waals surface area (Å²) in [6.07, 6.45) is 4.85. The van der Waals surface area contributed by atoms with E-state index in [-0.39, 0.29) is 11.9 Å². The summed E-state index contributed by atoms with van der Waals surface area (Å²) >= 11 is 0. The molecule has 5 nitrogen and oxygen atoms in total. The molecule has 1 aliphatic heterocycles. The summed E-state index contributed by atoms with van der Waals surface area (Å²) in [4.78, 5) is 14.2. The van der Waals surface area contributed by atoms with Gasteiger partial charge in [0.2, 0.25) is 5.91 Å². The highest BCUT2D eigenvalue weighted by Crippen LogP contribution is 2.26. The number of para-hydroxylation sites is 1. The van der Waals surface area contributed by atoms with Crippen LogP contribution < -0.4 is 10.6 Å². The molecule has 3 rings (SSSR count). The molecule has 20 heavy (non-hydrogen) atoms. The molecule has 0 saturated carbocycles. The summed E-state index contributed by atoms with van der Waals surface area (Å²) in [7, 11) is 0. The van der Waals surface area contributed by atoms with Crippen LogP contribution in [-0.4, -0.2) is 28.3 Å². The maximum absolute atomic E-state index is 12.4. The number of carbonyl (C=O) groups excluding carboxylic acids is 1. The van der Waals surface area contributed by atoms with Crippen LogP contribution in [0.5, 0.6) is 0 Å². The molecule has 1 aromatic carbocycles. The fourth-order valence-electron chi connectivity index (χ4n) is 2.64. The minimum Gasteiger partial charge on any atom is -0.326 e. The maximum Gasteiger partial charge on any atom is 0.228 e. The van der Waals surface area contributed by atoms with Gasteiger partial charge in [0.05, 0.1) is 0 Å². The van der Waals surface area contributed by atoms with Gasteiger partial charge in [0.1, 0.15) is 0 Å². The smallest absolute Gasteiger partial charge is 0.228 e. The van der Waals surface area contributed by atoms with Gasteiger partial charge in [-0.25, -0.2) is 0 Å². The number of carbonyl (C=O) groups is 1. The zero-order valence-corrected chi connectivity index (χ0v) is 11.3. The third-order valence-electron chi connectivity index (χ3n) is 3.60. The molecule has 2 N–H and O–H groups in total. The zero-order valence-electron chi connectivity index (χ0n) is 11.3. The number of fused-ring (bicyclic) bond motifs is 1. The van der Waals surface area contributed by atoms with Crippen molar-refractivity contribution < 1.29 is 4.79 Å². The topological polar surface area (TPSA) is 64.2 Å². The van der Waals surface area contributed by atoms with Crippen molar-refractivity contribution in [3.8, 4) is 0 Å². The Bertz CT molecular complexity index is 594. The van der Waals surface area contributed by atoms with Crippen LogP contribution in [0.2, 0.25) is 0 Å². The number of nitrogens with two attached hydrogens (primary N) is 1. The van der Waals surface area contributed by atoms with Crippen molar-refractivity contribution >= 4 is 11.6 Å². The summed E-state index contributed by atoms with van der Waals surface area (Å²) in [5.41, 5.74) is 8.21. The predicted octanol–water partition coefficient (Wildman–Crippen LogP) is 1.19. The Morgan fingerprint density at radius 3 is 3.00 bits per heavy atom. The number of anilines is 1. The summed E-state index contributed by atoms with van der Waals surface area (Å²) in [6.45, 7) is 1.19. The first-order chi connectivity index (χ1) is 9.74. The molecule has 0 bridgehead atoms. The molecule has 2 heterocycles. The van der Waals surface area contributed by atoms with Crippen molar-refractivity contribution in [2.45, 2.75) is 25.4 Å². The van der Waals surface area contributed by atoms with Crippen LogP contribution in [-0.2, 0) is 17.8 Å². The van der Waals surface area contributed by atoms with E-state index in [0.29, 0.717) is 19.5 Å². The number of aromatic nitrogens is 2. The lowest BCUT2D eigenvalue weighted by Crippen LogP contribution is -2.46. The first kappa shape index (κ1) is 12.9. The van der Waals surface area contributed by atoms with Crippen LogP contribution in [0.3, 0.4) is 0 Å². The molecule has 0 spiro atoms. The van der Waals surface area contributed by atoms with Crippen molar-refractivity contribution in [3.05, 3.63) is 48.3 Å². The first-order valence-corrected chi connectivity index (χ1v) is 6.85. The van der Waals surface area contributed by atoms with Gasteiger partial charge >= 0.3 is 0 Å². The Morgan fingerprint density at radius 1 is 1.35 bits per heavy atom. The number of hydrogen-bond acceptors (Lipinski definition) is 3. The predicted molar refractivity (Wildman–Crippen MR) is 77.3 cm³/mol. The van der Waals surface area contributed by atoms with Crippen LogP contribution >= 0.6 is 0 Å². The number of benzene rings is 1. The molecule has 2 aromatic rings. The summed E-state index contributed by atoms with van der Waals surface area (Å²) in [6, 6.07) is 9.86. The van der Waals surface area contributed by atoms with Crippen molar-refractivity contribution in [2.75, 3.05) is 11.4 Å². The minimum atomic E-state index is 0.0125. The summed E-state index contributed by atoms with van der Waals surface area (Å²) in [5.74, 6) is 0.100. The molecule has 1 unspecified atom stereocenters. The average Bonchev–Trinajstić information content (AvgIpc) is 2.97. The Kier molecular flexibility index (Phi) is 3.52. The normalized spacial score (nSPS) is 17.9. The lowest BCUT2D eigenvalue weighted by atomic mass is 9.98. The van der Waals surface area contributed by atoms with Crippen LogP contribution in [0.15, 0.2) is 42.7 Å². The van der Waals surface area contributed by atoms with E-state index >= 15 is 0 Å². The lowest BCUT2D eigenvalue weighted by molar-refractivity contribution is -0.119. The van der Waals surface area contributed by atoms with Crippen molar-refractivity contribution in [3.63, 3.8) is 0 Å². The Hall–Kier alpha value is -2.14. The van der Waals surface area contributed by atoms with Crippen LogP contribution in [0.25, 0.3) is 0 Å². The molecule has 1 aromatic heterocycles. The van der Waals surface area contributed by atoms with Gasteiger partial charge in [-0.2, -0.15) is 5.10 Å². The molecular formula is C15H18N4O. The van der Waals surface area contributed by atoms with Gasteiger partial charge in [-0.05, 0) is 24.1 Å². The van der Waals surface area contributed by atoms with Crippen LogP contribution in [0, 0.1) is 0 Å². The van der Waals surface area contributed by atoms with Gasteiger partial charge in [-0.3, -0.25) is 9.48 Å². The van der Waals surface area contributed by atoms with E-state index in [1.165, 1.54) is 0 Å². The molecular weight excluding hydrogens is 252 g/mol. The van der Waals surface area contributed by atoms with Gasteiger partial charge in [-0.1, -0.05) is 18.2 Å². The monoisotopic (exact) mass is 270 g/mol. The average molecular weight is 270 g/mol. The molecule has 0 radical (unpaired) electrons. The van der Waals surface area contributed by atoms with E-state index in [9.17, 15) is 4.79 Å². The number of amides is 1. The molecule has 0 fully saturated rings. The number of hydrogen-bond donors (Lipinski definition) is 1. The Morgan fingerprint density at radius 2 is 2.20 bits per heavy atom. The molecule has 0 saturated heterocycles. The van der Waals surface area contributed by atoms with Gasteiger partial charge in [-0.15, -0.1) is 0 Å². The summed E-state index contributed by atoms with van der Waals surface area (Å²) < 4.78 is 1.77. The Labute approximate surface area is 118 Å². The van der Waals surface area contributed by atoms with Gasteiger partial charge < -0.3 is 10.6 Å². The van der Waals surface area contributed by atoms with Crippen LogP contribution in [0.1, 0.15) is 12.0 Å². The molecule has 0 aliphatic carbocycles. The van der Waals surface area contributed by atoms with E-state index in [1.807, 2.05) is 41.4 Å². The van der Waals surface area contributed by atoms with E-state index in [1.54, 1.807) is 10.9 Å². The largest absolute Gasteiger partial charge is 0.326 e. The quantitative estimate of drug-likeness (QED) is 0.911. The fraction of sp³-hybridized carbons (Fsp3) is 0.333. The second-order valence-corrected chi connectivity index (χ2v) is 5.12. The summed E-state index contributed by atoms with van der Waals surface area (Å²) in [5, 5.41) is 4.11. The Balaban J connectivity index is 1.74. The third kappa shape index (κ3) is 2.58. The van der Waals surface area contributed by atoms with E-state index in [4.69, 9.17) is 5.73 Å². The molecule has 5 heteroatoms. The number of nitrogens with zero attached hydrogens (tertiary/aromatic N) is 3. The fourth-order valence-corrected chi connectivity index (χ4v) is 2.64. The van der Waals surface area contributed by atoms with Crippen LogP contribution in [0.4, 0.5) is 5.69 Å².